The summed E-state index contributed by atoms with van der Waals surface area (Å²) in [5.74, 6) is -0.803. The first-order valence-electron chi connectivity index (χ1n) is 8.64. The predicted molar refractivity (Wildman–Crippen MR) is 108 cm³/mol. The Labute approximate surface area is 168 Å². The normalized spacial score (nSPS) is 16.4. The summed E-state index contributed by atoms with van der Waals surface area (Å²) in [6, 6.07) is 13.9. The molecule has 0 radical (unpaired) electrons. The molecule has 0 aromatic heterocycles. The second kappa shape index (κ2) is 7.88. The van der Waals surface area contributed by atoms with Crippen LogP contribution in [0.1, 0.15) is 13.8 Å². The summed E-state index contributed by atoms with van der Waals surface area (Å²) >= 11 is 0. The van der Waals surface area contributed by atoms with Gasteiger partial charge in [-0.05, 0) is 43.7 Å². The van der Waals surface area contributed by atoms with E-state index >= 15 is 0 Å². The van der Waals surface area contributed by atoms with Crippen molar-refractivity contribution in [2.45, 2.75) is 18.7 Å². The zero-order chi connectivity index (χ0) is 21.2. The van der Waals surface area contributed by atoms with Crippen LogP contribution in [0.4, 0.5) is 5.69 Å². The van der Waals surface area contributed by atoms with Crippen LogP contribution < -0.4 is 9.61 Å². The molecule has 2 amide bonds. The van der Waals surface area contributed by atoms with Gasteiger partial charge in [0.1, 0.15) is 10.6 Å². The molecule has 0 saturated heterocycles. The van der Waals surface area contributed by atoms with Crippen molar-refractivity contribution in [3.63, 3.8) is 0 Å². The topological polar surface area (TPSA) is 105 Å². The van der Waals surface area contributed by atoms with Gasteiger partial charge in [0.25, 0.3) is 11.8 Å². The maximum Gasteiger partial charge on any atom is 0.339 e. The van der Waals surface area contributed by atoms with Gasteiger partial charge < -0.3 is 4.18 Å². The maximum atomic E-state index is 12.3. The molecule has 1 N–H and O–H groups in total. The molecule has 3 rings (SSSR count). The summed E-state index contributed by atoms with van der Waals surface area (Å²) in [4.78, 5) is 25.3. The van der Waals surface area contributed by atoms with E-state index in [0.717, 1.165) is 4.90 Å². The summed E-state index contributed by atoms with van der Waals surface area (Å²) in [7, 11) is -2.59. The number of hydrogen-bond acceptors (Lipinski definition) is 7. The van der Waals surface area contributed by atoms with E-state index in [0.29, 0.717) is 16.8 Å². The van der Waals surface area contributed by atoms with Gasteiger partial charge in [0.05, 0.1) is 5.69 Å². The third kappa shape index (κ3) is 4.19. The highest BCUT2D eigenvalue weighted by molar-refractivity contribution is 7.87. The van der Waals surface area contributed by atoms with Gasteiger partial charge in [-0.2, -0.15) is 13.5 Å². The molecule has 1 aliphatic heterocycles. The molecule has 0 spiro atoms. The fraction of sp³-hybridized carbons (Fsp3) is 0.150. The molecule has 0 aliphatic carbocycles. The van der Waals surface area contributed by atoms with E-state index in [1.165, 1.54) is 31.3 Å². The lowest BCUT2D eigenvalue weighted by Crippen LogP contribution is -2.44. The monoisotopic (exact) mass is 413 g/mol. The molecule has 1 heterocycles. The molecule has 8 nitrogen and oxygen atoms in total. The minimum Gasteiger partial charge on any atom is -0.379 e. The Balaban J connectivity index is 1.83. The summed E-state index contributed by atoms with van der Waals surface area (Å²) < 4.78 is 29.9. The fourth-order valence-corrected chi connectivity index (χ4v) is 3.58. The third-order valence-corrected chi connectivity index (χ3v) is 5.68. The fourth-order valence-electron chi connectivity index (χ4n) is 2.63. The minimum atomic E-state index is -3.97. The first-order valence-corrected chi connectivity index (χ1v) is 10.0. The number of carbonyl (C=O) groups is 2. The van der Waals surface area contributed by atoms with Crippen molar-refractivity contribution >= 4 is 33.3 Å². The van der Waals surface area contributed by atoms with E-state index in [4.69, 9.17) is 4.18 Å². The smallest absolute Gasteiger partial charge is 0.339 e. The van der Waals surface area contributed by atoms with Gasteiger partial charge in [-0.3, -0.25) is 19.9 Å². The van der Waals surface area contributed by atoms with Gasteiger partial charge in [-0.15, -0.1) is 0 Å². The number of carbonyl (C=O) groups excluding carboxylic acids is 2. The van der Waals surface area contributed by atoms with Gasteiger partial charge in [0.2, 0.25) is 0 Å². The highest BCUT2D eigenvalue weighted by Crippen LogP contribution is 2.23. The van der Waals surface area contributed by atoms with Crippen molar-refractivity contribution in [2.75, 3.05) is 12.5 Å². The lowest BCUT2D eigenvalue weighted by atomic mass is 10.00. The van der Waals surface area contributed by atoms with Crippen LogP contribution in [0, 0.1) is 0 Å². The van der Waals surface area contributed by atoms with Crippen molar-refractivity contribution < 1.29 is 22.2 Å². The average Bonchev–Trinajstić information content (AvgIpc) is 2.71. The second-order valence-corrected chi connectivity index (χ2v) is 7.92. The zero-order valence-electron chi connectivity index (χ0n) is 16.0. The van der Waals surface area contributed by atoms with Crippen LogP contribution in [-0.2, 0) is 19.7 Å². The highest BCUT2D eigenvalue weighted by Gasteiger charge is 2.32. The van der Waals surface area contributed by atoms with Gasteiger partial charge in [0.15, 0.2) is 5.71 Å². The van der Waals surface area contributed by atoms with Crippen molar-refractivity contribution in [1.29, 1.82) is 0 Å². The van der Waals surface area contributed by atoms with Crippen molar-refractivity contribution in [3.05, 3.63) is 65.7 Å². The van der Waals surface area contributed by atoms with Crippen LogP contribution in [0.2, 0.25) is 0 Å². The lowest BCUT2D eigenvalue weighted by Gasteiger charge is -2.23. The van der Waals surface area contributed by atoms with Crippen LogP contribution in [0.15, 0.2) is 75.7 Å². The molecule has 0 bridgehead atoms. The number of imide groups is 1. The Kier molecular flexibility index (Phi) is 5.51. The van der Waals surface area contributed by atoms with E-state index < -0.39 is 16.0 Å². The number of nitrogens with zero attached hydrogens (tertiary/aromatic N) is 2. The molecule has 0 atom stereocenters. The molecule has 29 heavy (non-hydrogen) atoms. The standard InChI is InChI=1S/C20H19N3O5S/c1-13-14(2)19(24)23(3)20(25)18(13)22-21-15-8-7-9-16(12-15)28-29(26,27)17-10-5-4-6-11-17/h4-12,21H,1-3H3/b22-18-. The molecule has 2 aromatic carbocycles. The van der Waals surface area contributed by atoms with E-state index in [-0.39, 0.29) is 22.3 Å². The van der Waals surface area contributed by atoms with E-state index in [2.05, 4.69) is 10.5 Å². The van der Waals surface area contributed by atoms with Crippen LogP contribution in [0.25, 0.3) is 0 Å². The van der Waals surface area contributed by atoms with Gasteiger partial charge in [-0.25, -0.2) is 0 Å². The summed E-state index contributed by atoms with van der Waals surface area (Å²) in [5.41, 5.74) is 4.14. The summed E-state index contributed by atoms with van der Waals surface area (Å²) in [6.07, 6.45) is 0. The predicted octanol–water partition coefficient (Wildman–Crippen LogP) is 2.56. The lowest BCUT2D eigenvalue weighted by molar-refractivity contribution is -0.137. The average molecular weight is 413 g/mol. The first-order chi connectivity index (χ1) is 13.7. The number of anilines is 1. The van der Waals surface area contributed by atoms with Crippen molar-refractivity contribution in [2.24, 2.45) is 5.10 Å². The minimum absolute atomic E-state index is 0.0374. The SMILES string of the molecule is CC1=C(C)/C(=N/Nc2cccc(OS(=O)(=O)c3ccccc3)c2)C(=O)N(C)C1=O. The number of rotatable bonds is 5. The molecule has 1 aliphatic rings. The molecular formula is C20H19N3O5S. The molecule has 2 aromatic rings. The van der Waals surface area contributed by atoms with E-state index in [1.54, 1.807) is 44.2 Å². The van der Waals surface area contributed by atoms with Gasteiger partial charge >= 0.3 is 10.1 Å². The molecule has 150 valence electrons. The number of benzene rings is 2. The Morgan fingerprint density at radius 3 is 2.31 bits per heavy atom. The second-order valence-electron chi connectivity index (χ2n) is 6.37. The number of nitrogens with one attached hydrogen (secondary N) is 1. The molecule has 9 heteroatoms. The van der Waals surface area contributed by atoms with Crippen LogP contribution >= 0.6 is 0 Å². The number of hydrazone groups is 1. The highest BCUT2D eigenvalue weighted by atomic mass is 32.2. The Morgan fingerprint density at radius 1 is 0.931 bits per heavy atom. The zero-order valence-corrected chi connectivity index (χ0v) is 16.9. The van der Waals surface area contributed by atoms with Crippen molar-refractivity contribution in [3.8, 4) is 5.75 Å². The Morgan fingerprint density at radius 2 is 1.62 bits per heavy atom. The molecular weight excluding hydrogens is 394 g/mol. The van der Waals surface area contributed by atoms with Gasteiger partial charge in [-0.1, -0.05) is 24.3 Å². The van der Waals surface area contributed by atoms with E-state index in [1.807, 2.05) is 0 Å². The third-order valence-electron chi connectivity index (χ3n) is 4.42. The van der Waals surface area contributed by atoms with Crippen molar-refractivity contribution in [1.82, 2.24) is 4.90 Å². The molecule has 0 unspecified atom stereocenters. The number of likely N-dealkylation sites (N-methyl/N-ethyl adjacent to an activating group) is 1. The van der Waals surface area contributed by atoms with Gasteiger partial charge in [0, 0.05) is 18.7 Å². The molecule has 0 fully saturated rings. The van der Waals surface area contributed by atoms with Crippen LogP contribution in [0.3, 0.4) is 0 Å². The number of hydrogen-bond donors (Lipinski definition) is 1. The van der Waals surface area contributed by atoms with Crippen LogP contribution in [-0.4, -0.2) is 37.9 Å². The summed E-state index contributed by atoms with van der Waals surface area (Å²) in [5, 5.41) is 4.11. The Hall–Kier alpha value is -3.46. The maximum absolute atomic E-state index is 12.3. The summed E-state index contributed by atoms with van der Waals surface area (Å²) in [6.45, 7) is 3.27. The largest absolute Gasteiger partial charge is 0.379 e. The quantitative estimate of drug-likeness (QED) is 0.459. The Bertz CT molecular complexity index is 1140. The first kappa shape index (κ1) is 20.3. The van der Waals surface area contributed by atoms with E-state index in [9.17, 15) is 18.0 Å². The number of amides is 2. The van der Waals surface area contributed by atoms with Crippen LogP contribution in [0.5, 0.6) is 5.75 Å². The molecule has 0 saturated carbocycles.